The van der Waals surface area contributed by atoms with Crippen molar-refractivity contribution >= 4 is 5.97 Å². The summed E-state index contributed by atoms with van der Waals surface area (Å²) in [6, 6.07) is 0. The minimum absolute atomic E-state index is 0.00158. The van der Waals surface area contributed by atoms with E-state index in [0.717, 1.165) is 5.82 Å². The Balaban J connectivity index is 2.47. The van der Waals surface area contributed by atoms with Crippen molar-refractivity contribution in [2.24, 2.45) is 7.05 Å². The fourth-order valence-corrected chi connectivity index (χ4v) is 1.99. The van der Waals surface area contributed by atoms with Gasteiger partial charge in [-0.15, -0.1) is 5.10 Å². The number of aromatic nitrogens is 5. The first-order valence-electron chi connectivity index (χ1n) is 5.94. The Morgan fingerprint density at radius 2 is 2.11 bits per heavy atom. The lowest BCUT2D eigenvalue weighted by molar-refractivity contribution is 0.0687. The van der Waals surface area contributed by atoms with Crippen molar-refractivity contribution in [3.8, 4) is 0 Å². The summed E-state index contributed by atoms with van der Waals surface area (Å²) in [5, 5.41) is 16.9. The summed E-state index contributed by atoms with van der Waals surface area (Å²) >= 11 is 0. The summed E-state index contributed by atoms with van der Waals surface area (Å²) in [7, 11) is 1.88. The van der Waals surface area contributed by atoms with E-state index in [9.17, 15) is 9.90 Å². The topological polar surface area (TPSA) is 85.8 Å². The molecule has 1 N–H and O–H groups in total. The molecule has 0 saturated carbocycles. The molecule has 0 amide bonds. The summed E-state index contributed by atoms with van der Waals surface area (Å²) < 4.78 is 3.47. The third kappa shape index (κ3) is 2.49. The van der Waals surface area contributed by atoms with Crippen LogP contribution in [0.25, 0.3) is 0 Å². The van der Waals surface area contributed by atoms with Crippen LogP contribution < -0.4 is 0 Å². The molecule has 0 bridgehead atoms. The van der Waals surface area contributed by atoms with E-state index in [0.29, 0.717) is 12.2 Å². The highest BCUT2D eigenvalue weighted by atomic mass is 16.4. The largest absolute Gasteiger partial charge is 0.476 e. The van der Waals surface area contributed by atoms with E-state index in [1.807, 2.05) is 38.6 Å². The van der Waals surface area contributed by atoms with Gasteiger partial charge < -0.3 is 9.67 Å². The second-order valence-corrected chi connectivity index (χ2v) is 5.45. The van der Waals surface area contributed by atoms with Gasteiger partial charge in [-0.05, 0) is 0 Å². The minimum Gasteiger partial charge on any atom is -0.476 e. The number of aryl methyl sites for hydroxylation is 1. The first-order chi connectivity index (χ1) is 8.80. The van der Waals surface area contributed by atoms with Crippen LogP contribution in [0.4, 0.5) is 0 Å². The average molecular weight is 263 g/mol. The lowest BCUT2D eigenvalue weighted by Gasteiger charge is -2.20. The van der Waals surface area contributed by atoms with Crippen molar-refractivity contribution in [3.05, 3.63) is 29.6 Å². The zero-order valence-corrected chi connectivity index (χ0v) is 11.5. The lowest BCUT2D eigenvalue weighted by atomic mass is 9.90. The maximum Gasteiger partial charge on any atom is 0.358 e. The van der Waals surface area contributed by atoms with Gasteiger partial charge in [0.25, 0.3) is 0 Å². The number of rotatable bonds is 3. The number of hydrogen-bond acceptors (Lipinski definition) is 4. The highest BCUT2D eigenvalue weighted by Gasteiger charge is 2.29. The van der Waals surface area contributed by atoms with E-state index >= 15 is 0 Å². The molecule has 0 radical (unpaired) electrons. The van der Waals surface area contributed by atoms with Crippen LogP contribution in [0.5, 0.6) is 0 Å². The maximum absolute atomic E-state index is 11.2. The number of carbonyl (C=O) groups is 1. The van der Waals surface area contributed by atoms with Crippen LogP contribution in [0.1, 0.15) is 42.8 Å². The quantitative estimate of drug-likeness (QED) is 0.894. The molecule has 7 nitrogen and oxygen atoms in total. The normalized spacial score (nSPS) is 11.8. The van der Waals surface area contributed by atoms with Crippen molar-refractivity contribution in [3.63, 3.8) is 0 Å². The van der Waals surface area contributed by atoms with Crippen molar-refractivity contribution in [1.29, 1.82) is 0 Å². The van der Waals surface area contributed by atoms with Gasteiger partial charge in [-0.25, -0.2) is 14.5 Å². The molecule has 0 fully saturated rings. The molecule has 0 aromatic carbocycles. The Morgan fingerprint density at radius 3 is 2.58 bits per heavy atom. The van der Waals surface area contributed by atoms with Gasteiger partial charge in [0.05, 0.1) is 5.69 Å². The standard InChI is InChI=1S/C12H17N5O2/c1-12(2,3)10-9(11(18)19)14-15-17(10)7-8-13-5-6-16(8)4/h5-6H,7H2,1-4H3,(H,18,19). The van der Waals surface area contributed by atoms with Gasteiger partial charge in [0, 0.05) is 24.9 Å². The first-order valence-corrected chi connectivity index (χ1v) is 5.94. The van der Waals surface area contributed by atoms with Gasteiger partial charge in [-0.1, -0.05) is 26.0 Å². The molecule has 0 atom stereocenters. The lowest BCUT2D eigenvalue weighted by Crippen LogP contribution is -2.23. The fourth-order valence-electron chi connectivity index (χ4n) is 1.99. The predicted molar refractivity (Wildman–Crippen MR) is 68.0 cm³/mol. The van der Waals surface area contributed by atoms with E-state index in [4.69, 9.17) is 0 Å². The molecule has 19 heavy (non-hydrogen) atoms. The monoisotopic (exact) mass is 263 g/mol. The van der Waals surface area contributed by atoms with Crippen molar-refractivity contribution < 1.29 is 9.90 Å². The Bertz CT molecular complexity index is 606. The third-order valence-electron chi connectivity index (χ3n) is 2.86. The number of nitrogens with zero attached hydrogens (tertiary/aromatic N) is 5. The third-order valence-corrected chi connectivity index (χ3v) is 2.86. The molecule has 7 heteroatoms. The van der Waals surface area contributed by atoms with E-state index in [1.54, 1.807) is 10.9 Å². The van der Waals surface area contributed by atoms with Crippen LogP contribution in [0, 0.1) is 0 Å². The van der Waals surface area contributed by atoms with Crippen LogP contribution >= 0.6 is 0 Å². The molecule has 0 aliphatic rings. The highest BCUT2D eigenvalue weighted by molar-refractivity contribution is 5.86. The summed E-state index contributed by atoms with van der Waals surface area (Å²) in [5.41, 5.74) is 0.243. The molecule has 2 rings (SSSR count). The van der Waals surface area contributed by atoms with Crippen LogP contribution in [-0.4, -0.2) is 35.6 Å². The summed E-state index contributed by atoms with van der Waals surface area (Å²) in [6.45, 7) is 6.21. The molecule has 0 saturated heterocycles. The molecule has 0 aliphatic carbocycles. The second-order valence-electron chi connectivity index (χ2n) is 5.45. The van der Waals surface area contributed by atoms with Crippen LogP contribution in [-0.2, 0) is 19.0 Å². The van der Waals surface area contributed by atoms with Crippen molar-refractivity contribution in [2.75, 3.05) is 0 Å². The van der Waals surface area contributed by atoms with Crippen LogP contribution in [0.2, 0.25) is 0 Å². The van der Waals surface area contributed by atoms with Crippen molar-refractivity contribution in [2.45, 2.75) is 32.7 Å². The van der Waals surface area contributed by atoms with Gasteiger partial charge in [0.2, 0.25) is 0 Å². The van der Waals surface area contributed by atoms with Crippen LogP contribution in [0.15, 0.2) is 12.4 Å². The molecule has 0 unspecified atom stereocenters. The van der Waals surface area contributed by atoms with Gasteiger partial charge in [-0.3, -0.25) is 0 Å². The zero-order chi connectivity index (χ0) is 14.2. The summed E-state index contributed by atoms with van der Waals surface area (Å²) in [5.74, 6) is -0.261. The Morgan fingerprint density at radius 1 is 1.42 bits per heavy atom. The molecular weight excluding hydrogens is 246 g/mol. The molecule has 0 spiro atoms. The number of carboxylic acids is 1. The van der Waals surface area contributed by atoms with E-state index in [1.165, 1.54) is 0 Å². The van der Waals surface area contributed by atoms with E-state index in [-0.39, 0.29) is 11.1 Å². The summed E-state index contributed by atoms with van der Waals surface area (Å²) in [4.78, 5) is 15.4. The molecule has 2 aromatic rings. The SMILES string of the molecule is Cn1ccnc1Cn1nnc(C(=O)O)c1C(C)(C)C. The van der Waals surface area contributed by atoms with Crippen LogP contribution in [0.3, 0.4) is 0 Å². The molecule has 102 valence electrons. The van der Waals surface area contributed by atoms with E-state index < -0.39 is 5.97 Å². The summed E-state index contributed by atoms with van der Waals surface area (Å²) in [6.07, 6.45) is 3.53. The van der Waals surface area contributed by atoms with E-state index in [2.05, 4.69) is 15.3 Å². The minimum atomic E-state index is -1.06. The molecule has 0 aliphatic heterocycles. The number of hydrogen-bond donors (Lipinski definition) is 1. The first kappa shape index (κ1) is 13.3. The molecular formula is C12H17N5O2. The Hall–Kier alpha value is -2.18. The molecule has 2 aromatic heterocycles. The fraction of sp³-hybridized carbons (Fsp3) is 0.500. The Kier molecular flexibility index (Phi) is 3.13. The number of aromatic carboxylic acids is 1. The van der Waals surface area contributed by atoms with Gasteiger partial charge >= 0.3 is 5.97 Å². The number of carboxylic acid groups (broad SMARTS) is 1. The van der Waals surface area contributed by atoms with Gasteiger partial charge in [-0.2, -0.15) is 0 Å². The average Bonchev–Trinajstić information content (AvgIpc) is 2.85. The van der Waals surface area contributed by atoms with Gasteiger partial charge in [0.15, 0.2) is 5.69 Å². The Labute approximate surface area is 110 Å². The highest BCUT2D eigenvalue weighted by Crippen LogP contribution is 2.25. The van der Waals surface area contributed by atoms with Crippen molar-refractivity contribution in [1.82, 2.24) is 24.5 Å². The second kappa shape index (κ2) is 4.49. The molecule has 2 heterocycles. The number of imidazole rings is 1. The maximum atomic E-state index is 11.2. The smallest absolute Gasteiger partial charge is 0.358 e. The van der Waals surface area contributed by atoms with Gasteiger partial charge in [0.1, 0.15) is 12.4 Å². The predicted octanol–water partition coefficient (Wildman–Crippen LogP) is 1.06. The zero-order valence-electron chi connectivity index (χ0n) is 11.5.